The fourth-order valence-corrected chi connectivity index (χ4v) is 4.16. The Hall–Kier alpha value is -0.300. The van der Waals surface area contributed by atoms with Gasteiger partial charge in [-0.15, -0.1) is 6.58 Å². The van der Waals surface area contributed by atoms with Crippen molar-refractivity contribution in [1.29, 1.82) is 0 Å². The number of allylic oxidation sites excluding steroid dienone is 1. The Kier molecular flexibility index (Phi) is 2.26. The largest absolute Gasteiger partial charge is 0.396 e. The van der Waals surface area contributed by atoms with Crippen LogP contribution in [0.2, 0.25) is 0 Å². The molecule has 1 nitrogen and oxygen atoms in total. The van der Waals surface area contributed by atoms with Crippen LogP contribution in [0.1, 0.15) is 39.5 Å². The molecule has 3 unspecified atom stereocenters. The first-order chi connectivity index (χ1) is 6.58. The summed E-state index contributed by atoms with van der Waals surface area (Å²) in [6, 6.07) is 0. The second-order valence-corrected chi connectivity index (χ2v) is 5.74. The number of aliphatic hydroxyl groups excluding tert-OH is 1. The summed E-state index contributed by atoms with van der Waals surface area (Å²) in [4.78, 5) is 0. The monoisotopic (exact) mass is 194 g/mol. The molecule has 0 aromatic rings. The maximum atomic E-state index is 9.76. The summed E-state index contributed by atoms with van der Waals surface area (Å²) in [5, 5.41) is 9.76. The van der Waals surface area contributed by atoms with E-state index in [0.717, 1.165) is 18.3 Å². The van der Waals surface area contributed by atoms with Gasteiger partial charge in [0.15, 0.2) is 0 Å². The first kappa shape index (κ1) is 10.2. The fourth-order valence-electron chi connectivity index (χ4n) is 4.16. The average Bonchev–Trinajstić information content (AvgIpc) is 2.68. The predicted octanol–water partition coefficient (Wildman–Crippen LogP) is 3.00. The van der Waals surface area contributed by atoms with Crippen molar-refractivity contribution in [2.45, 2.75) is 39.5 Å². The van der Waals surface area contributed by atoms with E-state index < -0.39 is 0 Å². The molecule has 2 rings (SSSR count). The van der Waals surface area contributed by atoms with Crippen molar-refractivity contribution in [1.82, 2.24) is 0 Å². The van der Waals surface area contributed by atoms with Crippen molar-refractivity contribution in [2.75, 3.05) is 6.61 Å². The van der Waals surface area contributed by atoms with E-state index in [1.54, 1.807) is 0 Å². The van der Waals surface area contributed by atoms with Gasteiger partial charge in [-0.1, -0.05) is 19.9 Å². The molecule has 3 atom stereocenters. The minimum Gasteiger partial charge on any atom is -0.396 e. The first-order valence-electron chi connectivity index (χ1n) is 5.80. The molecule has 0 radical (unpaired) electrons. The van der Waals surface area contributed by atoms with Gasteiger partial charge in [0.05, 0.1) is 0 Å². The Morgan fingerprint density at radius 2 is 2.00 bits per heavy atom. The molecule has 0 spiro atoms. The van der Waals surface area contributed by atoms with Crippen molar-refractivity contribution in [3.8, 4) is 0 Å². The van der Waals surface area contributed by atoms with Crippen LogP contribution < -0.4 is 0 Å². The number of aliphatic hydroxyl groups is 1. The first-order valence-corrected chi connectivity index (χ1v) is 5.80. The maximum absolute atomic E-state index is 9.76. The molecular weight excluding hydrogens is 172 g/mol. The Bertz CT molecular complexity index is 244. The molecule has 0 heterocycles. The lowest BCUT2D eigenvalue weighted by atomic mass is 9.56. The van der Waals surface area contributed by atoms with E-state index in [2.05, 4.69) is 20.4 Å². The minimum atomic E-state index is 0.137. The zero-order valence-electron chi connectivity index (χ0n) is 9.42. The summed E-state index contributed by atoms with van der Waals surface area (Å²) in [7, 11) is 0. The van der Waals surface area contributed by atoms with Crippen LogP contribution in [-0.4, -0.2) is 11.7 Å². The molecular formula is C13H22O. The van der Waals surface area contributed by atoms with Crippen LogP contribution in [0.15, 0.2) is 12.7 Å². The van der Waals surface area contributed by atoms with E-state index in [9.17, 15) is 5.11 Å². The zero-order chi connectivity index (χ0) is 10.4. The van der Waals surface area contributed by atoms with E-state index in [4.69, 9.17) is 0 Å². The average molecular weight is 194 g/mol. The highest BCUT2D eigenvalue weighted by atomic mass is 16.3. The summed E-state index contributed by atoms with van der Waals surface area (Å²) in [6.07, 6.45) is 7.01. The topological polar surface area (TPSA) is 20.2 Å². The Morgan fingerprint density at radius 1 is 1.36 bits per heavy atom. The van der Waals surface area contributed by atoms with Gasteiger partial charge in [-0.25, -0.2) is 0 Å². The van der Waals surface area contributed by atoms with Gasteiger partial charge in [0.25, 0.3) is 0 Å². The quantitative estimate of drug-likeness (QED) is 0.685. The lowest BCUT2D eigenvalue weighted by molar-refractivity contribution is -0.0414. The van der Waals surface area contributed by atoms with Gasteiger partial charge in [0, 0.05) is 12.0 Å². The number of fused-ring (bicyclic) bond motifs is 2. The molecule has 80 valence electrons. The second kappa shape index (κ2) is 3.10. The Morgan fingerprint density at radius 3 is 2.43 bits per heavy atom. The van der Waals surface area contributed by atoms with Gasteiger partial charge in [-0.3, -0.25) is 0 Å². The third-order valence-electron chi connectivity index (χ3n) is 5.31. The normalized spacial score (nSPS) is 44.2. The van der Waals surface area contributed by atoms with Gasteiger partial charge in [-0.2, -0.15) is 0 Å². The lowest BCUT2D eigenvalue weighted by Crippen LogP contribution is -2.45. The van der Waals surface area contributed by atoms with Crippen LogP contribution >= 0.6 is 0 Å². The van der Waals surface area contributed by atoms with Crippen LogP contribution in [0, 0.1) is 22.7 Å². The molecule has 0 aromatic heterocycles. The molecule has 0 saturated heterocycles. The van der Waals surface area contributed by atoms with Crippen LogP contribution in [0.25, 0.3) is 0 Å². The van der Waals surface area contributed by atoms with Gasteiger partial charge >= 0.3 is 0 Å². The highest BCUT2D eigenvalue weighted by Gasteiger charge is 2.61. The molecule has 2 fully saturated rings. The summed E-state index contributed by atoms with van der Waals surface area (Å²) in [5.74, 6) is 1.57. The summed E-state index contributed by atoms with van der Waals surface area (Å²) < 4.78 is 0. The molecule has 1 N–H and O–H groups in total. The highest BCUT2D eigenvalue weighted by molar-refractivity contribution is 5.12. The van der Waals surface area contributed by atoms with Gasteiger partial charge in [-0.05, 0) is 42.9 Å². The van der Waals surface area contributed by atoms with Crippen LogP contribution in [0.3, 0.4) is 0 Å². The van der Waals surface area contributed by atoms with Crippen LogP contribution in [-0.2, 0) is 0 Å². The minimum absolute atomic E-state index is 0.137. The standard InChI is InChI=1S/C13H22O/c1-4-7-13(9-14)11-6-5-10(8-11)12(13,2)3/h4,10-11,14H,1,5-9H2,2-3H3. The molecule has 14 heavy (non-hydrogen) atoms. The number of hydrogen-bond donors (Lipinski definition) is 1. The SMILES string of the molecule is C=CCC1(CO)C2CCC(C2)C1(C)C. The molecule has 0 amide bonds. The summed E-state index contributed by atoms with van der Waals surface area (Å²) >= 11 is 0. The van der Waals surface area contributed by atoms with E-state index in [0.29, 0.717) is 12.0 Å². The van der Waals surface area contributed by atoms with E-state index in [1.165, 1.54) is 19.3 Å². The molecule has 1 heteroatoms. The molecule has 2 bridgehead atoms. The van der Waals surface area contributed by atoms with Gasteiger partial charge in [0.1, 0.15) is 0 Å². The maximum Gasteiger partial charge on any atom is 0.0498 e. The van der Waals surface area contributed by atoms with Crippen molar-refractivity contribution in [3.63, 3.8) is 0 Å². The van der Waals surface area contributed by atoms with Crippen molar-refractivity contribution in [3.05, 3.63) is 12.7 Å². The van der Waals surface area contributed by atoms with Crippen molar-refractivity contribution in [2.24, 2.45) is 22.7 Å². The summed E-state index contributed by atoms with van der Waals surface area (Å²) in [5.41, 5.74) is 0.441. The van der Waals surface area contributed by atoms with Crippen molar-refractivity contribution < 1.29 is 5.11 Å². The third-order valence-corrected chi connectivity index (χ3v) is 5.31. The van der Waals surface area contributed by atoms with Crippen LogP contribution in [0.4, 0.5) is 0 Å². The van der Waals surface area contributed by atoms with E-state index in [-0.39, 0.29) is 5.41 Å². The second-order valence-electron chi connectivity index (χ2n) is 5.74. The lowest BCUT2D eigenvalue weighted by Gasteiger charge is -2.48. The van der Waals surface area contributed by atoms with E-state index >= 15 is 0 Å². The highest BCUT2D eigenvalue weighted by Crippen LogP contribution is 2.67. The third kappa shape index (κ3) is 0.995. The predicted molar refractivity (Wildman–Crippen MR) is 58.9 cm³/mol. The van der Waals surface area contributed by atoms with Gasteiger partial charge < -0.3 is 5.11 Å². The van der Waals surface area contributed by atoms with Crippen molar-refractivity contribution >= 4 is 0 Å². The Balaban J connectivity index is 2.35. The molecule has 0 aliphatic heterocycles. The smallest absolute Gasteiger partial charge is 0.0498 e. The molecule has 2 aliphatic carbocycles. The number of rotatable bonds is 3. The summed E-state index contributed by atoms with van der Waals surface area (Å²) in [6.45, 7) is 8.88. The molecule has 0 aromatic carbocycles. The Labute approximate surface area is 87.2 Å². The fraction of sp³-hybridized carbons (Fsp3) is 0.846. The number of hydrogen-bond acceptors (Lipinski definition) is 1. The van der Waals surface area contributed by atoms with E-state index in [1.807, 2.05) is 6.08 Å². The van der Waals surface area contributed by atoms with Gasteiger partial charge in [0.2, 0.25) is 0 Å². The molecule has 2 saturated carbocycles. The van der Waals surface area contributed by atoms with Crippen LogP contribution in [0.5, 0.6) is 0 Å². The zero-order valence-corrected chi connectivity index (χ0v) is 9.42. The molecule has 2 aliphatic rings.